The number of nitrogens with one attached hydrogen (secondary N) is 1. The van der Waals surface area contributed by atoms with Crippen LogP contribution in [0.5, 0.6) is 0 Å². The van der Waals surface area contributed by atoms with E-state index in [1.807, 2.05) is 19.1 Å². The van der Waals surface area contributed by atoms with Crippen molar-refractivity contribution in [1.82, 2.24) is 10.4 Å². The molecule has 0 spiro atoms. The van der Waals surface area contributed by atoms with Gasteiger partial charge in [-0.05, 0) is 50.3 Å². The van der Waals surface area contributed by atoms with Crippen LogP contribution in [0.25, 0.3) is 0 Å². The highest BCUT2D eigenvalue weighted by Gasteiger charge is 2.43. The molecule has 5 heteroatoms. The van der Waals surface area contributed by atoms with Crippen molar-refractivity contribution >= 4 is 21.9 Å². The second-order valence-corrected chi connectivity index (χ2v) is 6.99. The number of allylic oxidation sites excluding steroid dienone is 1. The Kier molecular flexibility index (Phi) is 5.07. The highest BCUT2D eigenvalue weighted by atomic mass is 79.9. The third-order valence-electron chi connectivity index (χ3n) is 4.43. The number of rotatable bonds is 6. The van der Waals surface area contributed by atoms with Crippen molar-refractivity contribution in [3.63, 3.8) is 0 Å². The molecule has 1 fully saturated rings. The maximum atomic E-state index is 12.5. The van der Waals surface area contributed by atoms with Gasteiger partial charge in [0.15, 0.2) is 0 Å². The molecule has 3 rings (SSSR count). The highest BCUT2D eigenvalue weighted by Crippen LogP contribution is 2.40. The lowest BCUT2D eigenvalue weighted by molar-refractivity contribution is -0.138. The lowest BCUT2D eigenvalue weighted by Gasteiger charge is -2.22. The number of likely N-dealkylation sites (N-methyl/N-ethyl adjacent to an activating group) is 1. The number of benzene rings is 1. The Morgan fingerprint density at radius 2 is 2.00 bits per heavy atom. The molecule has 1 N–H and O–H groups in total. The molecule has 0 bridgehead atoms. The van der Waals surface area contributed by atoms with Crippen LogP contribution < -0.4 is 5.43 Å². The number of esters is 1. The van der Waals surface area contributed by atoms with Gasteiger partial charge in [0.25, 0.3) is 0 Å². The van der Waals surface area contributed by atoms with Crippen molar-refractivity contribution < 1.29 is 9.53 Å². The van der Waals surface area contributed by atoms with Crippen molar-refractivity contribution in [3.8, 4) is 0 Å². The molecule has 1 heterocycles. The number of carbonyl (C=O) groups excluding carboxylic acids is 1. The van der Waals surface area contributed by atoms with E-state index >= 15 is 0 Å². The second-order valence-electron chi connectivity index (χ2n) is 6.07. The average Bonchev–Trinajstić information content (AvgIpc) is 3.32. The summed E-state index contributed by atoms with van der Waals surface area (Å²) in [6, 6.07) is 8.38. The molecular weight excluding hydrogens is 356 g/mol. The molecule has 0 radical (unpaired) electrons. The minimum Gasteiger partial charge on any atom is -0.463 e. The molecule has 0 amide bonds. The summed E-state index contributed by atoms with van der Waals surface area (Å²) in [7, 11) is 0. The maximum absolute atomic E-state index is 12.5. The number of nitrogens with zero attached hydrogens (tertiary/aromatic N) is 1. The predicted octanol–water partition coefficient (Wildman–Crippen LogP) is 3.43. The van der Waals surface area contributed by atoms with Crippen molar-refractivity contribution in [3.05, 3.63) is 45.6 Å². The molecular formula is C18H23BrN2O2. The number of hydrazine groups is 1. The summed E-state index contributed by atoms with van der Waals surface area (Å²) in [5.74, 6) is 0.394. The molecule has 1 saturated carbocycles. The van der Waals surface area contributed by atoms with E-state index in [2.05, 4.69) is 45.4 Å². The number of halogens is 1. The Balaban J connectivity index is 1.93. The first-order chi connectivity index (χ1) is 11.1. The first kappa shape index (κ1) is 16.5. The molecule has 4 nitrogen and oxygen atoms in total. The van der Waals surface area contributed by atoms with Crippen LogP contribution in [0.3, 0.4) is 0 Å². The number of hydrogen-bond acceptors (Lipinski definition) is 4. The summed E-state index contributed by atoms with van der Waals surface area (Å²) < 4.78 is 6.41. The van der Waals surface area contributed by atoms with Crippen LogP contribution in [-0.2, 0) is 16.0 Å². The van der Waals surface area contributed by atoms with Crippen LogP contribution in [-0.4, -0.2) is 30.2 Å². The van der Waals surface area contributed by atoms with Crippen LogP contribution in [0, 0.1) is 5.92 Å². The summed E-state index contributed by atoms with van der Waals surface area (Å²) in [6.45, 7) is 5.21. The van der Waals surface area contributed by atoms with Gasteiger partial charge < -0.3 is 9.75 Å². The molecule has 124 valence electrons. The lowest BCUT2D eigenvalue weighted by atomic mass is 9.99. The van der Waals surface area contributed by atoms with E-state index in [1.54, 1.807) is 0 Å². The van der Waals surface area contributed by atoms with Crippen molar-refractivity contribution in [1.29, 1.82) is 0 Å². The smallest absolute Gasteiger partial charge is 0.337 e. The Morgan fingerprint density at radius 1 is 1.30 bits per heavy atom. The maximum Gasteiger partial charge on any atom is 0.337 e. The summed E-state index contributed by atoms with van der Waals surface area (Å²) in [4.78, 5) is 12.5. The fourth-order valence-electron chi connectivity index (χ4n) is 3.13. The zero-order chi connectivity index (χ0) is 16.4. The van der Waals surface area contributed by atoms with E-state index < -0.39 is 0 Å². The van der Waals surface area contributed by atoms with Gasteiger partial charge in [0.1, 0.15) is 0 Å². The summed E-state index contributed by atoms with van der Waals surface area (Å²) in [5.41, 5.74) is 6.61. The highest BCUT2D eigenvalue weighted by molar-refractivity contribution is 9.10. The molecule has 23 heavy (non-hydrogen) atoms. The number of ether oxygens (including phenoxy) is 1. The van der Waals surface area contributed by atoms with Gasteiger partial charge in [-0.1, -0.05) is 28.1 Å². The molecule has 1 unspecified atom stereocenters. The van der Waals surface area contributed by atoms with E-state index in [1.165, 1.54) is 18.4 Å². The third kappa shape index (κ3) is 3.61. The first-order valence-corrected chi connectivity index (χ1v) is 9.11. The average molecular weight is 379 g/mol. The fraction of sp³-hybridized carbons (Fsp3) is 0.500. The van der Waals surface area contributed by atoms with Crippen LogP contribution in [0.4, 0.5) is 0 Å². The molecule has 1 aromatic carbocycles. The Hall–Kier alpha value is -1.33. The first-order valence-electron chi connectivity index (χ1n) is 8.32. The van der Waals surface area contributed by atoms with Gasteiger partial charge >= 0.3 is 5.97 Å². The SMILES string of the molecule is CCOC(=O)C1=C(Cc2ccc(Br)cc2)N(CC)NC1C1CC1. The molecule has 1 aliphatic carbocycles. The Labute approximate surface area is 146 Å². The van der Waals surface area contributed by atoms with E-state index in [-0.39, 0.29) is 12.0 Å². The largest absolute Gasteiger partial charge is 0.463 e. The second kappa shape index (κ2) is 7.05. The van der Waals surface area contributed by atoms with Crippen molar-refractivity contribution in [2.75, 3.05) is 13.2 Å². The molecule has 1 aromatic rings. The summed E-state index contributed by atoms with van der Waals surface area (Å²) >= 11 is 3.47. The zero-order valence-electron chi connectivity index (χ0n) is 13.6. The molecule has 0 saturated heterocycles. The molecule has 2 aliphatic rings. The van der Waals surface area contributed by atoms with Crippen LogP contribution >= 0.6 is 15.9 Å². The fourth-order valence-corrected chi connectivity index (χ4v) is 3.39. The van der Waals surface area contributed by atoms with Crippen molar-refractivity contribution in [2.24, 2.45) is 5.92 Å². The molecule has 1 aliphatic heterocycles. The minimum atomic E-state index is -0.167. The summed E-state index contributed by atoms with van der Waals surface area (Å²) in [6.07, 6.45) is 3.11. The van der Waals surface area contributed by atoms with Gasteiger partial charge in [0.2, 0.25) is 0 Å². The molecule has 0 aromatic heterocycles. The van der Waals surface area contributed by atoms with E-state index in [0.29, 0.717) is 12.5 Å². The predicted molar refractivity (Wildman–Crippen MR) is 93.5 cm³/mol. The summed E-state index contributed by atoms with van der Waals surface area (Å²) in [5, 5.41) is 2.12. The van der Waals surface area contributed by atoms with Gasteiger partial charge in [0, 0.05) is 23.1 Å². The van der Waals surface area contributed by atoms with E-state index in [4.69, 9.17) is 4.74 Å². The van der Waals surface area contributed by atoms with Gasteiger partial charge in [-0.15, -0.1) is 0 Å². The van der Waals surface area contributed by atoms with E-state index in [0.717, 1.165) is 28.7 Å². The van der Waals surface area contributed by atoms with Gasteiger partial charge in [-0.2, -0.15) is 0 Å². The monoisotopic (exact) mass is 378 g/mol. The van der Waals surface area contributed by atoms with Gasteiger partial charge in [-0.3, -0.25) is 0 Å². The van der Waals surface area contributed by atoms with E-state index in [9.17, 15) is 4.79 Å². The normalized spacial score (nSPS) is 21.0. The Bertz CT molecular complexity index is 608. The minimum absolute atomic E-state index is 0.111. The number of hydrogen-bond donors (Lipinski definition) is 1. The lowest BCUT2D eigenvalue weighted by Crippen LogP contribution is -2.39. The van der Waals surface area contributed by atoms with Crippen LogP contribution in [0.2, 0.25) is 0 Å². The van der Waals surface area contributed by atoms with Crippen LogP contribution in [0.1, 0.15) is 32.3 Å². The van der Waals surface area contributed by atoms with Gasteiger partial charge in [-0.25, -0.2) is 10.2 Å². The third-order valence-corrected chi connectivity index (χ3v) is 4.96. The Morgan fingerprint density at radius 3 is 2.57 bits per heavy atom. The topological polar surface area (TPSA) is 41.6 Å². The zero-order valence-corrected chi connectivity index (χ0v) is 15.2. The van der Waals surface area contributed by atoms with Crippen molar-refractivity contribution in [2.45, 2.75) is 39.2 Å². The molecule has 1 atom stereocenters. The van der Waals surface area contributed by atoms with Gasteiger partial charge in [0.05, 0.1) is 18.2 Å². The van der Waals surface area contributed by atoms with Crippen LogP contribution in [0.15, 0.2) is 40.0 Å². The number of carbonyl (C=O) groups is 1. The quantitative estimate of drug-likeness (QED) is 0.769. The standard InChI is InChI=1S/C18H23BrN2O2/c1-3-21-15(11-12-5-9-14(19)10-6-12)16(18(22)23-4-2)17(20-21)13-7-8-13/h5-6,9-10,13,17,20H,3-4,7-8,11H2,1-2H3.